The Morgan fingerprint density at radius 3 is 2.00 bits per heavy atom. The average Bonchev–Trinajstić information content (AvgIpc) is 2.73. The summed E-state index contributed by atoms with van der Waals surface area (Å²) in [7, 11) is -3.71. The van der Waals surface area contributed by atoms with Crippen LogP contribution in [0.3, 0.4) is 0 Å². The van der Waals surface area contributed by atoms with Crippen molar-refractivity contribution in [2.45, 2.75) is 6.92 Å². The Bertz CT molecular complexity index is 1160. The van der Waals surface area contributed by atoms with Gasteiger partial charge in [-0.25, -0.2) is 8.42 Å². The highest BCUT2D eigenvalue weighted by Gasteiger charge is 2.21. The van der Waals surface area contributed by atoms with Crippen molar-refractivity contribution < 1.29 is 22.7 Å². The molecule has 0 heterocycles. The van der Waals surface area contributed by atoms with E-state index >= 15 is 0 Å². The van der Waals surface area contributed by atoms with Gasteiger partial charge in [-0.1, -0.05) is 18.2 Å². The number of Topliss-reactive ketones (excluding diaryl/α,β-unsaturated/α-hetero) is 1. The number of anilines is 2. The van der Waals surface area contributed by atoms with Crippen LogP contribution >= 0.6 is 0 Å². The van der Waals surface area contributed by atoms with Crippen LogP contribution in [0.4, 0.5) is 11.4 Å². The van der Waals surface area contributed by atoms with Crippen LogP contribution in [-0.4, -0.2) is 32.9 Å². The summed E-state index contributed by atoms with van der Waals surface area (Å²) in [6.07, 6.45) is 1.04. The first kappa shape index (κ1) is 22.0. The molecule has 0 radical (unpaired) electrons. The summed E-state index contributed by atoms with van der Waals surface area (Å²) in [4.78, 5) is 23.8. The van der Waals surface area contributed by atoms with Gasteiger partial charge >= 0.3 is 0 Å². The number of carbonyl (C=O) groups is 2. The molecule has 0 saturated heterocycles. The summed E-state index contributed by atoms with van der Waals surface area (Å²) >= 11 is 0. The smallest absolute Gasteiger partial charge is 0.245 e. The zero-order valence-electron chi connectivity index (χ0n) is 17.1. The molecule has 0 saturated carbocycles. The van der Waals surface area contributed by atoms with Crippen LogP contribution < -0.4 is 14.4 Å². The maximum atomic E-state index is 12.5. The predicted molar refractivity (Wildman–Crippen MR) is 120 cm³/mol. The molecule has 0 aliphatic heterocycles. The summed E-state index contributed by atoms with van der Waals surface area (Å²) in [5.41, 5.74) is 1.33. The van der Waals surface area contributed by atoms with Crippen molar-refractivity contribution in [2.24, 2.45) is 0 Å². The van der Waals surface area contributed by atoms with Crippen molar-refractivity contribution in [3.05, 3.63) is 84.4 Å². The topological polar surface area (TPSA) is 92.8 Å². The molecule has 0 unspecified atom stereocenters. The zero-order valence-corrected chi connectivity index (χ0v) is 17.9. The van der Waals surface area contributed by atoms with Gasteiger partial charge in [-0.15, -0.1) is 0 Å². The van der Waals surface area contributed by atoms with E-state index in [0.29, 0.717) is 28.4 Å². The molecular formula is C23H22N2O5S. The molecule has 31 heavy (non-hydrogen) atoms. The second kappa shape index (κ2) is 9.44. The number of nitrogens with one attached hydrogen (secondary N) is 1. The van der Waals surface area contributed by atoms with E-state index in [9.17, 15) is 18.0 Å². The van der Waals surface area contributed by atoms with Gasteiger partial charge < -0.3 is 10.1 Å². The lowest BCUT2D eigenvalue weighted by Gasteiger charge is -2.22. The van der Waals surface area contributed by atoms with Crippen molar-refractivity contribution in [3.63, 3.8) is 0 Å². The number of nitrogens with zero attached hydrogens (tertiary/aromatic N) is 1. The molecule has 0 spiro atoms. The van der Waals surface area contributed by atoms with Gasteiger partial charge in [0.15, 0.2) is 5.78 Å². The van der Waals surface area contributed by atoms with Crippen molar-refractivity contribution in [1.29, 1.82) is 0 Å². The monoisotopic (exact) mass is 438 g/mol. The average molecular weight is 439 g/mol. The molecule has 7 nitrogen and oxygen atoms in total. The molecule has 0 atom stereocenters. The minimum Gasteiger partial charge on any atom is -0.457 e. The Morgan fingerprint density at radius 2 is 1.45 bits per heavy atom. The first-order chi connectivity index (χ1) is 14.7. The normalized spacial score (nSPS) is 10.9. The van der Waals surface area contributed by atoms with E-state index in [4.69, 9.17) is 4.74 Å². The third kappa shape index (κ3) is 6.16. The van der Waals surface area contributed by atoms with Crippen molar-refractivity contribution >= 4 is 33.1 Å². The first-order valence-electron chi connectivity index (χ1n) is 9.44. The van der Waals surface area contributed by atoms with Crippen molar-refractivity contribution in [1.82, 2.24) is 0 Å². The number of sulfonamides is 1. The van der Waals surface area contributed by atoms with Crippen molar-refractivity contribution in [3.8, 4) is 11.5 Å². The second-order valence-electron chi connectivity index (χ2n) is 6.86. The van der Waals surface area contributed by atoms with Crippen LogP contribution in [0.5, 0.6) is 11.5 Å². The van der Waals surface area contributed by atoms with E-state index < -0.39 is 22.5 Å². The first-order valence-corrected chi connectivity index (χ1v) is 11.3. The minimum absolute atomic E-state index is 0.0826. The molecule has 0 aliphatic rings. The van der Waals surface area contributed by atoms with Crippen molar-refractivity contribution in [2.75, 3.05) is 22.4 Å². The molecule has 0 aromatic heterocycles. The van der Waals surface area contributed by atoms with Crippen LogP contribution in [0, 0.1) is 0 Å². The number of para-hydroxylation sites is 1. The number of ketones is 1. The van der Waals surface area contributed by atoms with Gasteiger partial charge in [-0.2, -0.15) is 0 Å². The molecule has 0 fully saturated rings. The lowest BCUT2D eigenvalue weighted by molar-refractivity contribution is -0.114. The Kier molecular flexibility index (Phi) is 6.71. The fourth-order valence-electron chi connectivity index (χ4n) is 2.82. The highest BCUT2D eigenvalue weighted by molar-refractivity contribution is 7.92. The maximum absolute atomic E-state index is 12.5. The standard InChI is InChI=1S/C23H22N2O5S/c1-17(26)18-8-10-19(11-9-18)24-23(27)16-25(31(2,28)29)20-12-14-22(15-13-20)30-21-6-4-3-5-7-21/h3-15H,16H2,1-2H3,(H,24,27). The van der Waals surface area contributed by atoms with E-state index in [-0.39, 0.29) is 5.78 Å². The van der Waals surface area contributed by atoms with E-state index in [2.05, 4.69) is 5.32 Å². The molecule has 3 aromatic rings. The molecular weight excluding hydrogens is 416 g/mol. The third-order valence-electron chi connectivity index (χ3n) is 4.37. The molecule has 8 heteroatoms. The summed E-state index contributed by atoms with van der Waals surface area (Å²) in [5.74, 6) is 0.607. The Balaban J connectivity index is 1.71. The number of hydrogen-bond donors (Lipinski definition) is 1. The highest BCUT2D eigenvalue weighted by Crippen LogP contribution is 2.25. The molecule has 160 valence electrons. The summed E-state index contributed by atoms with van der Waals surface area (Å²) < 4.78 is 31.3. The fraction of sp³-hybridized carbons (Fsp3) is 0.130. The molecule has 3 rings (SSSR count). The van der Waals surface area contributed by atoms with E-state index in [1.807, 2.05) is 30.3 Å². The summed E-state index contributed by atoms with van der Waals surface area (Å²) in [6, 6.07) is 22.0. The number of carbonyl (C=O) groups excluding carboxylic acids is 2. The number of ether oxygens (including phenoxy) is 1. The molecule has 0 aliphatic carbocycles. The zero-order chi connectivity index (χ0) is 22.4. The maximum Gasteiger partial charge on any atom is 0.245 e. The van der Waals surface area contributed by atoms with Crippen LogP contribution in [0.25, 0.3) is 0 Å². The Morgan fingerprint density at radius 1 is 0.871 bits per heavy atom. The van der Waals surface area contributed by atoms with Crippen LogP contribution in [0.1, 0.15) is 17.3 Å². The summed E-state index contributed by atoms with van der Waals surface area (Å²) in [6.45, 7) is 1.06. The third-order valence-corrected chi connectivity index (χ3v) is 5.51. The van der Waals surface area contributed by atoms with E-state index in [1.165, 1.54) is 6.92 Å². The molecule has 0 bridgehead atoms. The van der Waals surface area contributed by atoms with Crippen LogP contribution in [0.2, 0.25) is 0 Å². The van der Waals surface area contributed by atoms with Crippen LogP contribution in [0.15, 0.2) is 78.9 Å². The van der Waals surface area contributed by atoms with E-state index in [1.54, 1.807) is 48.5 Å². The number of hydrogen-bond acceptors (Lipinski definition) is 5. The Labute approximate surface area is 181 Å². The number of rotatable bonds is 8. The summed E-state index contributed by atoms with van der Waals surface area (Å²) in [5, 5.41) is 2.64. The number of benzene rings is 3. The van der Waals surface area contributed by atoms with Gasteiger partial charge in [-0.05, 0) is 67.6 Å². The van der Waals surface area contributed by atoms with Gasteiger partial charge in [0.2, 0.25) is 15.9 Å². The fourth-order valence-corrected chi connectivity index (χ4v) is 3.68. The number of amides is 1. The minimum atomic E-state index is -3.71. The molecule has 1 amide bonds. The molecule has 1 N–H and O–H groups in total. The van der Waals surface area contributed by atoms with Gasteiger partial charge in [0, 0.05) is 11.3 Å². The van der Waals surface area contributed by atoms with Gasteiger partial charge in [0.1, 0.15) is 18.0 Å². The molecule has 3 aromatic carbocycles. The largest absolute Gasteiger partial charge is 0.457 e. The lowest BCUT2D eigenvalue weighted by atomic mass is 10.1. The Hall–Kier alpha value is -3.65. The highest BCUT2D eigenvalue weighted by atomic mass is 32.2. The van der Waals surface area contributed by atoms with Gasteiger partial charge in [0.25, 0.3) is 0 Å². The quantitative estimate of drug-likeness (QED) is 0.535. The van der Waals surface area contributed by atoms with E-state index in [0.717, 1.165) is 10.6 Å². The van der Waals surface area contributed by atoms with Gasteiger partial charge in [-0.3, -0.25) is 13.9 Å². The predicted octanol–water partition coefficient (Wildman–Crippen LogP) is 4.09. The lowest BCUT2D eigenvalue weighted by Crippen LogP contribution is -2.37. The van der Waals surface area contributed by atoms with Gasteiger partial charge in [0.05, 0.1) is 11.9 Å². The van der Waals surface area contributed by atoms with Crippen LogP contribution in [-0.2, 0) is 14.8 Å². The second-order valence-corrected chi connectivity index (χ2v) is 8.77. The SMILES string of the molecule is CC(=O)c1ccc(NC(=O)CN(c2ccc(Oc3ccccc3)cc2)S(C)(=O)=O)cc1.